The molecule has 0 aromatic heterocycles. The number of halogens is 1. The van der Waals surface area contributed by atoms with Gasteiger partial charge in [0.25, 0.3) is 5.91 Å². The predicted molar refractivity (Wildman–Crippen MR) is 132 cm³/mol. The highest BCUT2D eigenvalue weighted by molar-refractivity contribution is 6.32. The molecular formula is C25H32ClN3O5. The van der Waals surface area contributed by atoms with Crippen LogP contribution in [0.4, 0.5) is 5.69 Å². The van der Waals surface area contributed by atoms with Gasteiger partial charge >= 0.3 is 0 Å². The number of aliphatic hydroxyl groups excluding tert-OH is 1. The number of hydrogen-bond acceptors (Lipinski definition) is 7. The third-order valence-electron chi connectivity index (χ3n) is 6.28. The van der Waals surface area contributed by atoms with Crippen molar-refractivity contribution in [1.82, 2.24) is 10.2 Å². The highest BCUT2D eigenvalue weighted by Gasteiger charge is 2.23. The normalized spacial score (nSPS) is 16.4. The molecule has 4 rings (SSSR count). The Hall–Kier alpha value is -2.68. The van der Waals surface area contributed by atoms with E-state index < -0.39 is 6.10 Å². The minimum Gasteiger partial charge on any atom is -0.493 e. The summed E-state index contributed by atoms with van der Waals surface area (Å²) in [7, 11) is 1.65. The lowest BCUT2D eigenvalue weighted by atomic mass is 10.1. The Balaban J connectivity index is 1.22. The molecule has 2 aromatic carbocycles. The number of carbonyl (C=O) groups excluding carboxylic acids is 1. The summed E-state index contributed by atoms with van der Waals surface area (Å²) in [6, 6.07) is 9.22. The Labute approximate surface area is 205 Å². The molecule has 2 aromatic rings. The van der Waals surface area contributed by atoms with Gasteiger partial charge in [-0.1, -0.05) is 18.5 Å². The van der Waals surface area contributed by atoms with Gasteiger partial charge < -0.3 is 29.5 Å². The zero-order valence-electron chi connectivity index (χ0n) is 19.7. The van der Waals surface area contributed by atoms with Crippen LogP contribution in [0.15, 0.2) is 30.3 Å². The molecule has 0 radical (unpaired) electrons. The fourth-order valence-corrected chi connectivity index (χ4v) is 4.64. The second-order valence-electron chi connectivity index (χ2n) is 8.54. The van der Waals surface area contributed by atoms with E-state index in [0.717, 1.165) is 38.3 Å². The molecule has 2 aliphatic heterocycles. The molecule has 0 aliphatic carbocycles. The molecule has 1 amide bonds. The first-order valence-corrected chi connectivity index (χ1v) is 12.1. The highest BCUT2D eigenvalue weighted by atomic mass is 35.5. The van der Waals surface area contributed by atoms with Gasteiger partial charge in [-0.25, -0.2) is 0 Å². The van der Waals surface area contributed by atoms with Crippen LogP contribution < -0.4 is 24.4 Å². The van der Waals surface area contributed by atoms with Crippen molar-refractivity contribution < 1.29 is 24.1 Å². The Morgan fingerprint density at radius 3 is 2.68 bits per heavy atom. The molecule has 1 unspecified atom stereocenters. The van der Waals surface area contributed by atoms with Crippen LogP contribution in [0.5, 0.6) is 17.2 Å². The fraction of sp³-hybridized carbons (Fsp3) is 0.480. The summed E-state index contributed by atoms with van der Waals surface area (Å²) >= 11 is 6.43. The number of anilines is 1. The number of hydrogen-bond donors (Lipinski definition) is 2. The Morgan fingerprint density at radius 2 is 1.94 bits per heavy atom. The van der Waals surface area contributed by atoms with Gasteiger partial charge in [-0.2, -0.15) is 0 Å². The quantitative estimate of drug-likeness (QED) is 0.560. The molecule has 0 bridgehead atoms. The van der Waals surface area contributed by atoms with E-state index in [-0.39, 0.29) is 12.7 Å². The number of β-amino-alcohol motifs (C(OH)–C–C–N with tert-alkyl or cyclic N) is 1. The first-order chi connectivity index (χ1) is 16.5. The van der Waals surface area contributed by atoms with Gasteiger partial charge in [0, 0.05) is 44.8 Å². The third-order valence-corrected chi connectivity index (χ3v) is 6.56. The van der Waals surface area contributed by atoms with E-state index in [2.05, 4.69) is 28.1 Å². The molecule has 2 aliphatic rings. The van der Waals surface area contributed by atoms with Gasteiger partial charge in [0.15, 0.2) is 17.2 Å². The SMILES string of the molecule is CCc1cc(Cl)c(OC)c(N2CCN(CC(O)CCNC(=O)c3ccc4c(c3)OCO4)CC2)c1. The molecule has 34 heavy (non-hydrogen) atoms. The van der Waals surface area contributed by atoms with Crippen LogP contribution in [0.25, 0.3) is 0 Å². The van der Waals surface area contributed by atoms with Gasteiger partial charge in [0.1, 0.15) is 0 Å². The summed E-state index contributed by atoms with van der Waals surface area (Å²) in [5.41, 5.74) is 2.72. The maximum atomic E-state index is 12.4. The minimum atomic E-state index is -0.518. The summed E-state index contributed by atoms with van der Waals surface area (Å²) in [6.07, 6.45) is 0.878. The minimum absolute atomic E-state index is 0.174. The molecule has 2 N–H and O–H groups in total. The smallest absolute Gasteiger partial charge is 0.251 e. The van der Waals surface area contributed by atoms with Crippen molar-refractivity contribution in [3.63, 3.8) is 0 Å². The van der Waals surface area contributed by atoms with Crippen molar-refractivity contribution >= 4 is 23.2 Å². The number of amides is 1. The molecular weight excluding hydrogens is 458 g/mol. The van der Waals surface area contributed by atoms with E-state index in [9.17, 15) is 9.90 Å². The molecule has 1 saturated heterocycles. The summed E-state index contributed by atoms with van der Waals surface area (Å²) < 4.78 is 16.2. The van der Waals surface area contributed by atoms with Gasteiger partial charge in [-0.15, -0.1) is 0 Å². The van der Waals surface area contributed by atoms with E-state index in [4.69, 9.17) is 25.8 Å². The largest absolute Gasteiger partial charge is 0.493 e. The number of fused-ring (bicyclic) bond motifs is 1. The number of aliphatic hydroxyl groups is 1. The number of piperazine rings is 1. The topological polar surface area (TPSA) is 83.5 Å². The number of nitrogens with one attached hydrogen (secondary N) is 1. The second kappa shape index (κ2) is 11.2. The number of carbonyl (C=O) groups is 1. The van der Waals surface area contributed by atoms with E-state index in [1.54, 1.807) is 25.3 Å². The van der Waals surface area contributed by atoms with E-state index in [1.807, 2.05) is 6.07 Å². The first kappa shape index (κ1) is 24.4. The zero-order valence-corrected chi connectivity index (χ0v) is 20.4. The molecule has 184 valence electrons. The average molecular weight is 490 g/mol. The summed E-state index contributed by atoms with van der Waals surface area (Å²) in [6.45, 7) is 6.57. The van der Waals surface area contributed by atoms with Gasteiger partial charge in [0.2, 0.25) is 6.79 Å². The van der Waals surface area contributed by atoms with E-state index in [1.165, 1.54) is 5.56 Å². The van der Waals surface area contributed by atoms with E-state index in [0.29, 0.717) is 47.3 Å². The molecule has 9 heteroatoms. The van der Waals surface area contributed by atoms with Crippen LogP contribution >= 0.6 is 11.6 Å². The van der Waals surface area contributed by atoms with Crippen molar-refractivity contribution in [2.45, 2.75) is 25.9 Å². The average Bonchev–Trinajstić information content (AvgIpc) is 3.32. The monoisotopic (exact) mass is 489 g/mol. The van der Waals surface area contributed by atoms with E-state index >= 15 is 0 Å². The van der Waals surface area contributed by atoms with Crippen molar-refractivity contribution in [3.8, 4) is 17.2 Å². The Kier molecular flexibility index (Phi) is 8.03. The molecule has 1 fully saturated rings. The van der Waals surface area contributed by atoms with Gasteiger partial charge in [-0.05, 0) is 48.7 Å². The van der Waals surface area contributed by atoms with Gasteiger partial charge in [0.05, 0.1) is 23.9 Å². The number of nitrogens with zero attached hydrogens (tertiary/aromatic N) is 2. The summed E-state index contributed by atoms with van der Waals surface area (Å²) in [4.78, 5) is 16.9. The predicted octanol–water partition coefficient (Wildman–Crippen LogP) is 2.94. The number of aryl methyl sites for hydroxylation is 1. The van der Waals surface area contributed by atoms with Crippen molar-refractivity contribution in [2.24, 2.45) is 0 Å². The van der Waals surface area contributed by atoms with Crippen LogP contribution in [-0.2, 0) is 6.42 Å². The van der Waals surface area contributed by atoms with Crippen LogP contribution in [-0.4, -0.2) is 75.2 Å². The summed E-state index contributed by atoms with van der Waals surface area (Å²) in [5.74, 6) is 1.74. The maximum absolute atomic E-state index is 12.4. The number of benzene rings is 2. The second-order valence-corrected chi connectivity index (χ2v) is 8.94. The Bertz CT molecular complexity index is 1010. The molecule has 8 nitrogen and oxygen atoms in total. The fourth-order valence-electron chi connectivity index (χ4n) is 4.33. The van der Waals surface area contributed by atoms with Crippen molar-refractivity contribution in [2.75, 3.05) is 58.1 Å². The number of rotatable bonds is 9. The van der Waals surface area contributed by atoms with Crippen LogP contribution in [0.1, 0.15) is 29.3 Å². The van der Waals surface area contributed by atoms with Gasteiger partial charge in [-0.3, -0.25) is 9.69 Å². The van der Waals surface area contributed by atoms with Crippen LogP contribution in [0, 0.1) is 0 Å². The zero-order chi connectivity index (χ0) is 24.1. The standard InChI is InChI=1S/C25H32ClN3O5/c1-3-17-12-20(26)24(32-2)21(13-17)29-10-8-28(9-11-29)15-19(30)6-7-27-25(31)18-4-5-22-23(14-18)34-16-33-22/h4-5,12-14,19,30H,3,6-11,15-16H2,1-2H3,(H,27,31). The first-order valence-electron chi connectivity index (χ1n) is 11.7. The van der Waals surface area contributed by atoms with Crippen LogP contribution in [0.3, 0.4) is 0 Å². The molecule has 0 spiro atoms. The molecule has 1 atom stereocenters. The number of methoxy groups -OCH3 is 1. The maximum Gasteiger partial charge on any atom is 0.251 e. The molecule has 2 heterocycles. The Morgan fingerprint density at radius 1 is 1.18 bits per heavy atom. The number of ether oxygens (including phenoxy) is 3. The summed E-state index contributed by atoms with van der Waals surface area (Å²) in [5, 5.41) is 14.0. The third kappa shape index (κ3) is 5.68. The lowest BCUT2D eigenvalue weighted by Gasteiger charge is -2.37. The lowest BCUT2D eigenvalue weighted by molar-refractivity contribution is 0.0902. The molecule has 0 saturated carbocycles. The van der Waals surface area contributed by atoms with Crippen molar-refractivity contribution in [3.05, 3.63) is 46.5 Å². The van der Waals surface area contributed by atoms with Crippen LogP contribution in [0.2, 0.25) is 5.02 Å². The van der Waals surface area contributed by atoms with Crippen molar-refractivity contribution in [1.29, 1.82) is 0 Å². The lowest BCUT2D eigenvalue weighted by Crippen LogP contribution is -2.49. The highest BCUT2D eigenvalue weighted by Crippen LogP contribution is 2.37.